The van der Waals surface area contributed by atoms with Crippen LogP contribution in [0, 0.1) is 17.8 Å². The highest BCUT2D eigenvalue weighted by atomic mass is 16.5. The predicted octanol–water partition coefficient (Wildman–Crippen LogP) is 0.965. The first kappa shape index (κ1) is 22.5. The lowest BCUT2D eigenvalue weighted by Crippen LogP contribution is -2.57. The molecule has 31 heavy (non-hydrogen) atoms. The first-order chi connectivity index (χ1) is 14.8. The Morgan fingerprint density at radius 2 is 1.90 bits per heavy atom. The molecular formula is C23H37N3O5. The maximum Gasteiger partial charge on any atom is 0.246 e. The lowest BCUT2D eigenvalue weighted by molar-refractivity contribution is -0.147. The molecule has 0 radical (unpaired) electrons. The van der Waals surface area contributed by atoms with Gasteiger partial charge in [-0.05, 0) is 44.9 Å². The summed E-state index contributed by atoms with van der Waals surface area (Å²) >= 11 is 0. The summed E-state index contributed by atoms with van der Waals surface area (Å²) in [6.07, 6.45) is 7.08. The van der Waals surface area contributed by atoms with Crippen LogP contribution in [-0.4, -0.2) is 71.2 Å². The number of unbranched alkanes of at least 4 members (excludes halogenated alkanes) is 1. The van der Waals surface area contributed by atoms with Gasteiger partial charge in [0.25, 0.3) is 0 Å². The lowest BCUT2D eigenvalue weighted by atomic mass is 9.62. The molecule has 1 aliphatic carbocycles. The van der Waals surface area contributed by atoms with Crippen molar-refractivity contribution in [3.63, 3.8) is 0 Å². The second-order valence-electron chi connectivity index (χ2n) is 10.1. The van der Waals surface area contributed by atoms with Crippen LogP contribution in [0.3, 0.4) is 0 Å². The number of carbonyl (C=O) groups is 3. The van der Waals surface area contributed by atoms with Gasteiger partial charge in [-0.25, -0.2) is 0 Å². The van der Waals surface area contributed by atoms with Gasteiger partial charge < -0.3 is 25.4 Å². The molecule has 4 fully saturated rings. The zero-order valence-corrected chi connectivity index (χ0v) is 19.0. The van der Waals surface area contributed by atoms with E-state index in [4.69, 9.17) is 4.74 Å². The summed E-state index contributed by atoms with van der Waals surface area (Å²) in [5.41, 5.74) is -1.73. The smallest absolute Gasteiger partial charge is 0.246 e. The van der Waals surface area contributed by atoms with Gasteiger partial charge in [-0.1, -0.05) is 26.2 Å². The fraction of sp³-hybridized carbons (Fsp3) is 0.870. The molecule has 3 unspecified atom stereocenters. The van der Waals surface area contributed by atoms with Crippen LogP contribution in [0.15, 0.2) is 0 Å². The lowest BCUT2D eigenvalue weighted by Gasteiger charge is -2.36. The summed E-state index contributed by atoms with van der Waals surface area (Å²) < 4.78 is 6.62. The number of nitrogens with zero attached hydrogens (tertiary/aromatic N) is 1. The Kier molecular flexibility index (Phi) is 6.07. The zero-order chi connectivity index (χ0) is 22.4. The third-order valence-electron chi connectivity index (χ3n) is 8.35. The molecular weight excluding hydrogens is 398 g/mol. The van der Waals surface area contributed by atoms with Crippen LogP contribution in [0.5, 0.6) is 0 Å². The number of fused-ring (bicyclic) bond motifs is 1. The number of likely N-dealkylation sites (tertiary alicyclic amines) is 1. The van der Waals surface area contributed by atoms with Crippen molar-refractivity contribution in [3.05, 3.63) is 0 Å². The van der Waals surface area contributed by atoms with E-state index in [0.29, 0.717) is 25.8 Å². The van der Waals surface area contributed by atoms with Gasteiger partial charge in [0.1, 0.15) is 11.6 Å². The Morgan fingerprint density at radius 1 is 1.19 bits per heavy atom. The number of hydrogen-bond acceptors (Lipinski definition) is 5. The number of hydrogen-bond donors (Lipinski definition) is 3. The van der Waals surface area contributed by atoms with Gasteiger partial charge in [0.2, 0.25) is 17.7 Å². The number of nitrogens with one attached hydrogen (secondary N) is 2. The molecule has 0 aromatic heterocycles. The Labute approximate surface area is 184 Å². The van der Waals surface area contributed by atoms with Gasteiger partial charge in [0.15, 0.2) is 0 Å². The van der Waals surface area contributed by atoms with Crippen molar-refractivity contribution in [1.82, 2.24) is 15.5 Å². The molecule has 0 aromatic carbocycles. The van der Waals surface area contributed by atoms with E-state index in [1.54, 1.807) is 11.9 Å². The maximum atomic E-state index is 13.7. The van der Waals surface area contributed by atoms with E-state index >= 15 is 0 Å². The van der Waals surface area contributed by atoms with E-state index < -0.39 is 29.1 Å². The highest BCUT2D eigenvalue weighted by Crippen LogP contribution is 2.65. The van der Waals surface area contributed by atoms with Crippen molar-refractivity contribution in [1.29, 1.82) is 0 Å². The molecule has 3 amide bonds. The second-order valence-corrected chi connectivity index (χ2v) is 10.1. The minimum atomic E-state index is -0.972. The Morgan fingerprint density at radius 3 is 2.55 bits per heavy atom. The van der Waals surface area contributed by atoms with Gasteiger partial charge in [-0.15, -0.1) is 0 Å². The molecule has 4 rings (SSSR count). The second kappa shape index (κ2) is 8.35. The van der Waals surface area contributed by atoms with E-state index in [-0.39, 0.29) is 36.3 Å². The van der Waals surface area contributed by atoms with E-state index in [0.717, 1.165) is 25.7 Å². The molecule has 0 aromatic rings. The van der Waals surface area contributed by atoms with Gasteiger partial charge in [-0.3, -0.25) is 14.4 Å². The topological polar surface area (TPSA) is 108 Å². The minimum absolute atomic E-state index is 0.0437. The molecule has 8 nitrogen and oxygen atoms in total. The summed E-state index contributed by atoms with van der Waals surface area (Å²) in [5.74, 6) is -1.71. The van der Waals surface area contributed by atoms with Gasteiger partial charge >= 0.3 is 0 Å². The van der Waals surface area contributed by atoms with Gasteiger partial charge in [0, 0.05) is 26.2 Å². The van der Waals surface area contributed by atoms with Crippen molar-refractivity contribution in [2.75, 3.05) is 20.2 Å². The largest absolute Gasteiger partial charge is 0.396 e. The summed E-state index contributed by atoms with van der Waals surface area (Å²) in [6, 6.07) is -0.600. The monoisotopic (exact) mass is 435 g/mol. The average molecular weight is 436 g/mol. The quantitative estimate of drug-likeness (QED) is 0.517. The first-order valence-corrected chi connectivity index (χ1v) is 11.9. The standard InChI is InChI=1S/C23H37N3O5/c1-14-13-23-17(16(19(28)24-3)22(14,2)31-23)21(30)26(11-7-8-12-27)18(23)20(29)25-15-9-5-4-6-10-15/h14-18,27H,4-13H2,1-3H3,(H,24,28)(H,25,29)/t14?,16-,17-,18?,22+,23?/m0/s1. The van der Waals surface area contributed by atoms with E-state index in [1.807, 2.05) is 6.92 Å². The highest BCUT2D eigenvalue weighted by Gasteiger charge is 2.79. The summed E-state index contributed by atoms with van der Waals surface area (Å²) in [7, 11) is 1.58. The summed E-state index contributed by atoms with van der Waals surface area (Å²) in [5, 5.41) is 15.2. The highest BCUT2D eigenvalue weighted by molar-refractivity contribution is 5.99. The van der Waals surface area contributed by atoms with Crippen LogP contribution < -0.4 is 10.6 Å². The molecule has 3 aliphatic heterocycles. The predicted molar refractivity (Wildman–Crippen MR) is 114 cm³/mol. The van der Waals surface area contributed by atoms with Crippen LogP contribution in [0.25, 0.3) is 0 Å². The summed E-state index contributed by atoms with van der Waals surface area (Å²) in [6.45, 7) is 4.40. The van der Waals surface area contributed by atoms with Crippen molar-refractivity contribution < 1.29 is 24.2 Å². The van der Waals surface area contributed by atoms with Crippen molar-refractivity contribution >= 4 is 17.7 Å². The van der Waals surface area contributed by atoms with E-state index in [1.165, 1.54) is 6.42 Å². The molecule has 3 heterocycles. The van der Waals surface area contributed by atoms with Crippen molar-refractivity contribution in [2.24, 2.45) is 17.8 Å². The number of aliphatic hydroxyl groups is 1. The minimum Gasteiger partial charge on any atom is -0.396 e. The Balaban J connectivity index is 1.68. The van der Waals surface area contributed by atoms with E-state index in [9.17, 15) is 19.5 Å². The van der Waals surface area contributed by atoms with E-state index in [2.05, 4.69) is 17.6 Å². The molecule has 174 valence electrons. The first-order valence-electron chi connectivity index (χ1n) is 11.9. The molecule has 6 atom stereocenters. The van der Waals surface area contributed by atoms with Crippen LogP contribution in [-0.2, 0) is 19.1 Å². The molecule has 2 bridgehead atoms. The summed E-state index contributed by atoms with van der Waals surface area (Å²) in [4.78, 5) is 41.9. The normalized spacial score (nSPS) is 39.6. The maximum absolute atomic E-state index is 13.7. The van der Waals surface area contributed by atoms with Crippen molar-refractivity contribution in [3.8, 4) is 0 Å². The molecule has 3 N–H and O–H groups in total. The Hall–Kier alpha value is -1.67. The third-order valence-corrected chi connectivity index (χ3v) is 8.35. The zero-order valence-electron chi connectivity index (χ0n) is 19.0. The Bertz CT molecular complexity index is 739. The van der Waals surface area contributed by atoms with Crippen LogP contribution in [0.4, 0.5) is 0 Å². The van der Waals surface area contributed by atoms with Crippen LogP contribution in [0.2, 0.25) is 0 Å². The molecule has 4 aliphatic rings. The number of ether oxygens (including phenoxy) is 1. The van der Waals surface area contributed by atoms with Gasteiger partial charge in [-0.2, -0.15) is 0 Å². The number of aliphatic hydroxyl groups excluding tert-OH is 1. The van der Waals surface area contributed by atoms with Crippen LogP contribution >= 0.6 is 0 Å². The number of carbonyl (C=O) groups excluding carboxylic acids is 3. The van der Waals surface area contributed by atoms with Crippen LogP contribution in [0.1, 0.15) is 65.2 Å². The number of amides is 3. The number of rotatable bonds is 7. The SMILES string of the molecule is CNC(=O)[C@@H]1[C@H]2C(=O)N(CCCCO)C(C(=O)NC3CCCCC3)C23CC(C)[C@@]1(C)O3. The molecule has 1 spiro atoms. The molecule has 1 saturated carbocycles. The fourth-order valence-corrected chi connectivity index (χ4v) is 6.76. The molecule has 3 saturated heterocycles. The molecule has 8 heteroatoms. The third kappa shape index (κ3) is 3.37. The van der Waals surface area contributed by atoms with Gasteiger partial charge in [0.05, 0.1) is 17.4 Å². The average Bonchev–Trinajstić information content (AvgIpc) is 3.25. The van der Waals surface area contributed by atoms with Crippen molar-refractivity contribution in [2.45, 2.75) is 88.5 Å². The fourth-order valence-electron chi connectivity index (χ4n) is 6.76.